The van der Waals surface area contributed by atoms with Crippen LogP contribution in [0.15, 0.2) is 6.20 Å². The van der Waals surface area contributed by atoms with Crippen LogP contribution < -0.4 is 15.5 Å². The monoisotopic (exact) mass is 298 g/mol. The van der Waals surface area contributed by atoms with Gasteiger partial charge in [-0.05, 0) is 0 Å². The lowest BCUT2D eigenvalue weighted by Gasteiger charge is -2.17. The van der Waals surface area contributed by atoms with Gasteiger partial charge >= 0.3 is 5.69 Å². The SMILES string of the molecule is CNc1ncc([N+](=O)[O-])c(N(C)CC(=O)NCCOC)n1. The first kappa shape index (κ1) is 16.6. The van der Waals surface area contributed by atoms with E-state index in [9.17, 15) is 14.9 Å². The van der Waals surface area contributed by atoms with E-state index < -0.39 is 4.92 Å². The van der Waals surface area contributed by atoms with Crippen molar-refractivity contribution in [3.63, 3.8) is 0 Å². The third-order valence-electron chi connectivity index (χ3n) is 2.54. The van der Waals surface area contributed by atoms with Crippen LogP contribution in [0.5, 0.6) is 0 Å². The Balaban J connectivity index is 2.82. The van der Waals surface area contributed by atoms with Gasteiger partial charge in [0.05, 0.1) is 18.1 Å². The van der Waals surface area contributed by atoms with Crippen LogP contribution in [-0.2, 0) is 9.53 Å². The van der Waals surface area contributed by atoms with Crippen molar-refractivity contribution in [3.05, 3.63) is 16.3 Å². The summed E-state index contributed by atoms with van der Waals surface area (Å²) in [6.07, 6.45) is 1.10. The molecule has 1 aromatic heterocycles. The average molecular weight is 298 g/mol. The van der Waals surface area contributed by atoms with Crippen molar-refractivity contribution in [3.8, 4) is 0 Å². The summed E-state index contributed by atoms with van der Waals surface area (Å²) in [5, 5.41) is 16.3. The molecule has 1 amide bonds. The summed E-state index contributed by atoms with van der Waals surface area (Å²) in [4.78, 5) is 31.3. The molecule has 0 fully saturated rings. The predicted molar refractivity (Wildman–Crippen MR) is 76.4 cm³/mol. The normalized spacial score (nSPS) is 10.0. The Labute approximate surface area is 121 Å². The predicted octanol–water partition coefficient (Wildman–Crippen LogP) is -0.375. The van der Waals surface area contributed by atoms with Gasteiger partial charge in [-0.25, -0.2) is 4.98 Å². The van der Waals surface area contributed by atoms with Gasteiger partial charge in [-0.1, -0.05) is 0 Å². The fourth-order valence-corrected chi connectivity index (χ4v) is 1.54. The van der Waals surface area contributed by atoms with Crippen LogP contribution in [0.4, 0.5) is 17.5 Å². The highest BCUT2D eigenvalue weighted by molar-refractivity contribution is 5.81. The number of hydrogen-bond donors (Lipinski definition) is 2. The highest BCUT2D eigenvalue weighted by Gasteiger charge is 2.21. The number of amides is 1. The summed E-state index contributed by atoms with van der Waals surface area (Å²) in [5.74, 6) is 0.0250. The molecule has 0 aromatic carbocycles. The third kappa shape index (κ3) is 4.84. The molecule has 0 spiro atoms. The maximum Gasteiger partial charge on any atom is 0.329 e. The molecule has 10 nitrogen and oxygen atoms in total. The van der Waals surface area contributed by atoms with Crippen LogP contribution in [0.2, 0.25) is 0 Å². The Morgan fingerprint density at radius 3 is 2.86 bits per heavy atom. The Bertz CT molecular complexity index is 509. The Kier molecular flexibility index (Phi) is 6.27. The first-order valence-electron chi connectivity index (χ1n) is 6.15. The topological polar surface area (TPSA) is 123 Å². The van der Waals surface area contributed by atoms with E-state index in [2.05, 4.69) is 20.6 Å². The van der Waals surface area contributed by atoms with E-state index in [1.165, 1.54) is 12.0 Å². The molecular weight excluding hydrogens is 280 g/mol. The Morgan fingerprint density at radius 1 is 1.57 bits per heavy atom. The molecule has 0 aliphatic rings. The fourth-order valence-electron chi connectivity index (χ4n) is 1.54. The van der Waals surface area contributed by atoms with Gasteiger partial charge in [0.15, 0.2) is 0 Å². The van der Waals surface area contributed by atoms with Crippen LogP contribution >= 0.6 is 0 Å². The second-order valence-electron chi connectivity index (χ2n) is 4.11. The van der Waals surface area contributed by atoms with Crippen LogP contribution in [0.25, 0.3) is 0 Å². The Morgan fingerprint density at radius 2 is 2.29 bits per heavy atom. The zero-order valence-electron chi connectivity index (χ0n) is 12.1. The van der Waals surface area contributed by atoms with Crippen molar-refractivity contribution in [1.82, 2.24) is 15.3 Å². The average Bonchev–Trinajstić information content (AvgIpc) is 2.46. The molecule has 2 N–H and O–H groups in total. The summed E-state index contributed by atoms with van der Waals surface area (Å²) in [6, 6.07) is 0. The van der Waals surface area contributed by atoms with Gasteiger partial charge in [0, 0.05) is 27.7 Å². The molecule has 0 aliphatic heterocycles. The lowest BCUT2D eigenvalue weighted by atomic mass is 10.4. The molecule has 0 atom stereocenters. The summed E-state index contributed by atoms with van der Waals surface area (Å²) >= 11 is 0. The number of likely N-dealkylation sites (N-methyl/N-ethyl adjacent to an activating group) is 1. The summed E-state index contributed by atoms with van der Waals surface area (Å²) in [6.45, 7) is 0.703. The Hall–Kier alpha value is -2.49. The fraction of sp³-hybridized carbons (Fsp3) is 0.545. The van der Waals surface area contributed by atoms with Crippen molar-refractivity contribution < 1.29 is 14.5 Å². The number of rotatable bonds is 8. The molecule has 0 bridgehead atoms. The second-order valence-corrected chi connectivity index (χ2v) is 4.11. The molecule has 1 aromatic rings. The zero-order chi connectivity index (χ0) is 15.8. The lowest BCUT2D eigenvalue weighted by molar-refractivity contribution is -0.384. The minimum Gasteiger partial charge on any atom is -0.383 e. The summed E-state index contributed by atoms with van der Waals surface area (Å²) in [5.41, 5.74) is -0.263. The van der Waals surface area contributed by atoms with Gasteiger partial charge in [0.25, 0.3) is 0 Å². The number of nitro groups is 1. The number of hydrogen-bond acceptors (Lipinski definition) is 8. The first-order valence-corrected chi connectivity index (χ1v) is 6.15. The van der Waals surface area contributed by atoms with Gasteiger partial charge in [0.2, 0.25) is 17.7 Å². The molecule has 0 unspecified atom stereocenters. The number of carbonyl (C=O) groups is 1. The number of nitrogens with one attached hydrogen (secondary N) is 2. The van der Waals surface area contributed by atoms with E-state index in [0.717, 1.165) is 6.20 Å². The molecule has 0 saturated carbocycles. The van der Waals surface area contributed by atoms with Crippen LogP contribution in [-0.4, -0.2) is 61.7 Å². The van der Waals surface area contributed by atoms with E-state index in [4.69, 9.17) is 4.74 Å². The highest BCUT2D eigenvalue weighted by Crippen LogP contribution is 2.24. The molecule has 116 valence electrons. The summed E-state index contributed by atoms with van der Waals surface area (Å²) in [7, 11) is 4.68. The van der Waals surface area contributed by atoms with Gasteiger partial charge in [0.1, 0.15) is 6.20 Å². The minimum absolute atomic E-state index is 0.0648. The molecule has 1 heterocycles. The number of ether oxygens (including phenoxy) is 1. The molecule has 1 rings (SSSR count). The van der Waals surface area contributed by atoms with Crippen LogP contribution in [0, 0.1) is 10.1 Å². The largest absolute Gasteiger partial charge is 0.383 e. The van der Waals surface area contributed by atoms with E-state index in [0.29, 0.717) is 13.2 Å². The van der Waals surface area contributed by atoms with Gasteiger partial charge in [-0.15, -0.1) is 0 Å². The maximum atomic E-state index is 11.7. The van der Waals surface area contributed by atoms with E-state index >= 15 is 0 Å². The van der Waals surface area contributed by atoms with Crippen molar-refractivity contribution >= 4 is 23.4 Å². The number of carbonyl (C=O) groups excluding carboxylic acids is 1. The van der Waals surface area contributed by atoms with Gasteiger partial charge in [-0.3, -0.25) is 14.9 Å². The van der Waals surface area contributed by atoms with E-state index in [1.807, 2.05) is 0 Å². The van der Waals surface area contributed by atoms with Crippen molar-refractivity contribution in [2.45, 2.75) is 0 Å². The van der Waals surface area contributed by atoms with Crippen molar-refractivity contribution in [2.24, 2.45) is 0 Å². The maximum absolute atomic E-state index is 11.7. The number of nitrogens with zero attached hydrogens (tertiary/aromatic N) is 4. The van der Waals surface area contributed by atoms with Gasteiger partial charge in [-0.2, -0.15) is 4.98 Å². The molecule has 10 heteroatoms. The third-order valence-corrected chi connectivity index (χ3v) is 2.54. The van der Waals surface area contributed by atoms with Crippen molar-refractivity contribution in [2.75, 3.05) is 51.1 Å². The summed E-state index contributed by atoms with van der Waals surface area (Å²) < 4.78 is 4.82. The standard InChI is InChI=1S/C11H18N6O4/c1-12-11-14-6-8(17(19)20)10(15-11)16(2)7-9(18)13-4-5-21-3/h6H,4-5,7H2,1-3H3,(H,13,18)(H,12,14,15). The number of aromatic nitrogens is 2. The van der Waals surface area contributed by atoms with Crippen LogP contribution in [0.1, 0.15) is 0 Å². The quantitative estimate of drug-likeness (QED) is 0.378. The molecule has 0 aliphatic carbocycles. The molecule has 21 heavy (non-hydrogen) atoms. The minimum atomic E-state index is -0.589. The van der Waals surface area contributed by atoms with Crippen molar-refractivity contribution in [1.29, 1.82) is 0 Å². The molecular formula is C11H18N6O4. The van der Waals surface area contributed by atoms with Gasteiger partial charge < -0.3 is 20.3 Å². The molecule has 0 radical (unpaired) electrons. The number of methoxy groups -OCH3 is 1. The highest BCUT2D eigenvalue weighted by atomic mass is 16.6. The number of anilines is 2. The lowest BCUT2D eigenvalue weighted by Crippen LogP contribution is -2.37. The van der Waals surface area contributed by atoms with Crippen LogP contribution in [0.3, 0.4) is 0 Å². The zero-order valence-corrected chi connectivity index (χ0v) is 12.1. The molecule has 0 saturated heterocycles. The first-order chi connectivity index (χ1) is 9.99. The van der Waals surface area contributed by atoms with E-state index in [1.54, 1.807) is 14.1 Å². The second kappa shape index (κ2) is 7.94. The van der Waals surface area contributed by atoms with E-state index in [-0.39, 0.29) is 29.9 Å². The smallest absolute Gasteiger partial charge is 0.329 e.